The number of likely N-dealkylation sites (N-methyl/N-ethyl adjacent to an activating group) is 2. The van der Waals surface area contributed by atoms with Gasteiger partial charge in [-0.1, -0.05) is 84.9 Å². The van der Waals surface area contributed by atoms with Gasteiger partial charge in [0.25, 0.3) is 0 Å². The van der Waals surface area contributed by atoms with Crippen molar-refractivity contribution in [3.8, 4) is 0 Å². The Labute approximate surface area is 316 Å². The van der Waals surface area contributed by atoms with E-state index in [1.54, 1.807) is 54.7 Å². The van der Waals surface area contributed by atoms with Crippen LogP contribution in [0.25, 0.3) is 0 Å². The molecule has 0 aliphatic carbocycles. The second-order valence-corrected chi connectivity index (χ2v) is 17.6. The van der Waals surface area contributed by atoms with E-state index in [1.807, 2.05) is 78.8 Å². The molecule has 0 saturated carbocycles. The molecule has 0 aliphatic heterocycles. The summed E-state index contributed by atoms with van der Waals surface area (Å²) in [4.78, 5) is 82.6. The summed E-state index contributed by atoms with van der Waals surface area (Å²) in [5.74, 6) is -4.11. The van der Waals surface area contributed by atoms with Crippen LogP contribution in [-0.4, -0.2) is 100 Å². The Morgan fingerprint density at radius 3 is 1.74 bits per heavy atom. The maximum Gasteiger partial charge on any atom is 0.410 e. The lowest BCUT2D eigenvalue weighted by Crippen LogP contribution is -2.63. The van der Waals surface area contributed by atoms with Crippen LogP contribution in [0.2, 0.25) is 0 Å². The Kier molecular flexibility index (Phi) is 15.9. The smallest absolute Gasteiger partial charge is 0.410 e. The van der Waals surface area contributed by atoms with E-state index in [2.05, 4.69) is 10.6 Å². The topological polar surface area (TPSA) is 172 Å². The summed E-state index contributed by atoms with van der Waals surface area (Å²) in [6.07, 6.45) is 0.190. The number of rotatable bonds is 14. The van der Waals surface area contributed by atoms with Crippen LogP contribution >= 0.6 is 0 Å². The van der Waals surface area contributed by atoms with Gasteiger partial charge in [-0.15, -0.1) is 0 Å². The zero-order valence-corrected chi connectivity index (χ0v) is 34.7. The Hall–Kier alpha value is -4.42. The molecule has 1 aromatic carbocycles. The first kappa shape index (κ1) is 46.6. The molecular formula is C40H64N4O9. The van der Waals surface area contributed by atoms with Crippen LogP contribution < -0.4 is 10.6 Å². The molecule has 0 aromatic heterocycles. The molecule has 0 heterocycles. The third-order valence-corrected chi connectivity index (χ3v) is 8.55. The molecule has 4 amide bonds. The number of carbonyl (C=O) groups is 6. The third-order valence-electron chi connectivity index (χ3n) is 8.55. The molecule has 1 unspecified atom stereocenters. The van der Waals surface area contributed by atoms with Crippen LogP contribution in [0.5, 0.6) is 0 Å². The van der Waals surface area contributed by atoms with Crippen LogP contribution in [0.3, 0.4) is 0 Å². The monoisotopic (exact) mass is 744 g/mol. The molecule has 13 nitrogen and oxygen atoms in total. The number of nitrogens with one attached hydrogen (secondary N) is 2. The van der Waals surface area contributed by atoms with E-state index in [0.717, 1.165) is 5.56 Å². The van der Waals surface area contributed by atoms with E-state index in [0.29, 0.717) is 0 Å². The van der Waals surface area contributed by atoms with Crippen LogP contribution in [0.4, 0.5) is 4.79 Å². The molecule has 4 atom stereocenters. The first-order valence-electron chi connectivity index (χ1n) is 17.9. The fraction of sp³-hybridized carbons (Fsp3) is 0.650. The number of carboxylic acid groups (broad SMARTS) is 1. The Balaban J connectivity index is 3.56. The highest BCUT2D eigenvalue weighted by Crippen LogP contribution is 2.32. The fourth-order valence-corrected chi connectivity index (χ4v) is 5.77. The van der Waals surface area contributed by atoms with Gasteiger partial charge in [-0.25, -0.2) is 9.59 Å². The quantitative estimate of drug-likeness (QED) is 0.165. The van der Waals surface area contributed by atoms with Gasteiger partial charge >= 0.3 is 18.0 Å². The highest BCUT2D eigenvalue weighted by atomic mass is 16.6. The zero-order chi connectivity index (χ0) is 41.4. The van der Waals surface area contributed by atoms with E-state index in [4.69, 9.17) is 9.47 Å². The van der Waals surface area contributed by atoms with Crippen molar-refractivity contribution >= 4 is 35.8 Å². The van der Waals surface area contributed by atoms with Gasteiger partial charge in [0.15, 0.2) is 0 Å². The predicted molar refractivity (Wildman–Crippen MR) is 204 cm³/mol. The lowest BCUT2D eigenvalue weighted by Gasteiger charge is -2.42. The van der Waals surface area contributed by atoms with Crippen LogP contribution in [0, 0.1) is 11.3 Å². The van der Waals surface area contributed by atoms with Crippen molar-refractivity contribution in [2.24, 2.45) is 11.3 Å². The van der Waals surface area contributed by atoms with E-state index in [-0.39, 0.29) is 11.5 Å². The maximum atomic E-state index is 14.5. The van der Waals surface area contributed by atoms with E-state index < -0.39 is 88.4 Å². The Morgan fingerprint density at radius 1 is 0.792 bits per heavy atom. The first-order valence-corrected chi connectivity index (χ1v) is 17.9. The molecule has 13 heteroatoms. The molecule has 0 radical (unpaired) electrons. The van der Waals surface area contributed by atoms with Crippen molar-refractivity contribution < 1.29 is 43.3 Å². The summed E-state index contributed by atoms with van der Waals surface area (Å²) in [7, 11) is 3.08. The number of hydrogen-bond acceptors (Lipinski definition) is 8. The molecule has 298 valence electrons. The van der Waals surface area contributed by atoms with Gasteiger partial charge in [0.2, 0.25) is 17.7 Å². The van der Waals surface area contributed by atoms with Gasteiger partial charge in [-0.3, -0.25) is 24.1 Å². The van der Waals surface area contributed by atoms with Gasteiger partial charge in [-0.05, 0) is 65.4 Å². The van der Waals surface area contributed by atoms with E-state index in [1.165, 1.54) is 23.8 Å². The van der Waals surface area contributed by atoms with Gasteiger partial charge in [0.1, 0.15) is 29.3 Å². The summed E-state index contributed by atoms with van der Waals surface area (Å²) < 4.78 is 11.0. The number of esters is 1. The van der Waals surface area contributed by atoms with Gasteiger partial charge in [0, 0.05) is 25.1 Å². The summed E-state index contributed by atoms with van der Waals surface area (Å²) in [5.41, 5.74) is -2.53. The highest BCUT2D eigenvalue weighted by molar-refractivity contribution is 5.97. The molecule has 53 heavy (non-hydrogen) atoms. The maximum absolute atomic E-state index is 14.5. The summed E-state index contributed by atoms with van der Waals surface area (Å²) in [5, 5.41) is 14.8. The van der Waals surface area contributed by atoms with Crippen LogP contribution in [0.1, 0.15) is 109 Å². The molecule has 0 aliphatic rings. The minimum atomic E-state index is -1.44. The van der Waals surface area contributed by atoms with Crippen molar-refractivity contribution in [1.82, 2.24) is 20.4 Å². The molecule has 0 fully saturated rings. The second-order valence-electron chi connectivity index (χ2n) is 17.6. The van der Waals surface area contributed by atoms with Crippen molar-refractivity contribution in [2.75, 3.05) is 14.1 Å². The minimum absolute atomic E-state index is 0.141. The minimum Gasteiger partial charge on any atom is -0.481 e. The number of carboxylic acids is 1. The lowest BCUT2D eigenvalue weighted by atomic mass is 9.76. The van der Waals surface area contributed by atoms with Crippen molar-refractivity contribution in [1.29, 1.82) is 0 Å². The number of carbonyl (C=O) groups excluding carboxylic acids is 5. The lowest BCUT2D eigenvalue weighted by molar-refractivity contribution is -0.160. The normalized spacial score (nSPS) is 15.0. The number of nitrogens with zero attached hydrogens (tertiary/aromatic N) is 2. The third kappa shape index (κ3) is 14.2. The van der Waals surface area contributed by atoms with Crippen molar-refractivity contribution in [3.63, 3.8) is 0 Å². The molecule has 1 rings (SSSR count). The zero-order valence-electron chi connectivity index (χ0n) is 34.7. The van der Waals surface area contributed by atoms with Crippen molar-refractivity contribution in [3.05, 3.63) is 47.5 Å². The Morgan fingerprint density at radius 2 is 1.30 bits per heavy atom. The van der Waals surface area contributed by atoms with Gasteiger partial charge < -0.3 is 30.1 Å². The van der Waals surface area contributed by atoms with Crippen LogP contribution in [0.15, 0.2) is 42.0 Å². The number of hydrogen-bond donors (Lipinski definition) is 3. The second kappa shape index (κ2) is 18.1. The van der Waals surface area contributed by atoms with Gasteiger partial charge in [0.05, 0.1) is 12.5 Å². The molecule has 3 N–H and O–H groups in total. The molecule has 1 aromatic rings. The largest absolute Gasteiger partial charge is 0.481 e. The molecular weight excluding hydrogens is 680 g/mol. The first-order chi connectivity index (χ1) is 23.9. The van der Waals surface area contributed by atoms with Gasteiger partial charge in [-0.2, -0.15) is 0 Å². The molecule has 0 spiro atoms. The summed E-state index contributed by atoms with van der Waals surface area (Å²) in [6.45, 7) is 24.5. The SMILES string of the molecule is C/C(=C\[C@H](C(C)C)N(C)C(=O)C(NC(=O)[C@@H](N(C)C(=O)OC(C)(C)C)C(C)(C)c1ccccc1)C(C)(C)C)C(=O)N[C@H](CC(=O)O)C(=O)OC(C)(C)C. The number of aliphatic carboxylic acids is 1. The standard InChI is InChI=1S/C40H64N4O9/c1-24(2)28(22-25(3)32(47)41-27(23-29(45)46)35(50)52-38(7,8)9)43(15)34(49)30(37(4,5)6)42-33(48)31(44(16)36(51)53-39(10,11)12)40(13,14)26-20-18-17-19-21-26/h17-22,24,27-28,30-31H,23H2,1-16H3,(H,41,47)(H,42,48)(H,45,46)/b25-22+/t27-,28-,30?,31-/m1/s1. The van der Waals surface area contributed by atoms with E-state index >= 15 is 0 Å². The van der Waals surface area contributed by atoms with Crippen molar-refractivity contribution in [2.45, 2.75) is 144 Å². The fourth-order valence-electron chi connectivity index (χ4n) is 5.77. The average Bonchev–Trinajstić information content (AvgIpc) is 2.99. The average molecular weight is 745 g/mol. The molecule has 0 bridgehead atoms. The predicted octanol–water partition coefficient (Wildman–Crippen LogP) is 5.46. The summed E-state index contributed by atoms with van der Waals surface area (Å²) in [6, 6.07) is 5.04. The number of ether oxygens (including phenoxy) is 2. The Bertz CT molecular complexity index is 1500. The number of benzene rings is 1. The molecule has 0 saturated heterocycles. The summed E-state index contributed by atoms with van der Waals surface area (Å²) >= 11 is 0. The van der Waals surface area contributed by atoms with E-state index in [9.17, 15) is 33.9 Å². The highest BCUT2D eigenvalue weighted by Gasteiger charge is 2.46. The van der Waals surface area contributed by atoms with Crippen LogP contribution in [-0.2, 0) is 38.9 Å². The number of amides is 4.